The number of aryl methyl sites for hydroxylation is 1. The van der Waals surface area contributed by atoms with Crippen LogP contribution in [-0.2, 0) is 16.3 Å². The lowest BCUT2D eigenvalue weighted by Gasteiger charge is -2.19. The number of hydrogen-bond donors (Lipinski definition) is 2. The minimum Gasteiger partial charge on any atom is -0.271 e. The van der Waals surface area contributed by atoms with Gasteiger partial charge in [-0.2, -0.15) is 0 Å². The van der Waals surface area contributed by atoms with Crippen LogP contribution in [0, 0.1) is 5.92 Å². The SMILES string of the molecule is NNC(CCCc1ccccc1)CC1CCS(=O)(=O)C1. The van der Waals surface area contributed by atoms with Gasteiger partial charge in [0, 0.05) is 6.04 Å². The third-order valence-corrected chi connectivity index (χ3v) is 5.88. The molecule has 5 heteroatoms. The zero-order valence-corrected chi connectivity index (χ0v) is 12.6. The van der Waals surface area contributed by atoms with Crippen LogP contribution in [0.4, 0.5) is 0 Å². The van der Waals surface area contributed by atoms with Crippen LogP contribution in [0.15, 0.2) is 30.3 Å². The third kappa shape index (κ3) is 4.89. The molecule has 20 heavy (non-hydrogen) atoms. The second-order valence-corrected chi connectivity index (χ2v) is 7.97. The van der Waals surface area contributed by atoms with Gasteiger partial charge in [0.05, 0.1) is 11.5 Å². The quantitative estimate of drug-likeness (QED) is 0.593. The summed E-state index contributed by atoms with van der Waals surface area (Å²) >= 11 is 0. The summed E-state index contributed by atoms with van der Waals surface area (Å²) in [7, 11) is -2.78. The molecule has 1 heterocycles. The molecule has 1 aliphatic heterocycles. The lowest BCUT2D eigenvalue weighted by atomic mass is 9.95. The van der Waals surface area contributed by atoms with E-state index in [4.69, 9.17) is 5.84 Å². The largest absolute Gasteiger partial charge is 0.271 e. The highest BCUT2D eigenvalue weighted by molar-refractivity contribution is 7.91. The summed E-state index contributed by atoms with van der Waals surface area (Å²) in [6, 6.07) is 10.6. The van der Waals surface area contributed by atoms with Crippen molar-refractivity contribution in [3.63, 3.8) is 0 Å². The van der Waals surface area contributed by atoms with E-state index in [2.05, 4.69) is 29.7 Å². The highest BCUT2D eigenvalue weighted by Crippen LogP contribution is 2.24. The molecule has 4 nitrogen and oxygen atoms in total. The van der Waals surface area contributed by atoms with E-state index in [1.54, 1.807) is 0 Å². The summed E-state index contributed by atoms with van der Waals surface area (Å²) in [6.45, 7) is 0. The maximum atomic E-state index is 11.5. The van der Waals surface area contributed by atoms with E-state index in [-0.39, 0.29) is 12.0 Å². The Morgan fingerprint density at radius 2 is 2.05 bits per heavy atom. The van der Waals surface area contributed by atoms with Gasteiger partial charge in [-0.3, -0.25) is 11.3 Å². The summed E-state index contributed by atoms with van der Waals surface area (Å²) in [5, 5.41) is 0. The van der Waals surface area contributed by atoms with E-state index in [0.29, 0.717) is 11.5 Å². The number of hydrazine groups is 1. The Morgan fingerprint density at radius 1 is 1.30 bits per heavy atom. The third-order valence-electron chi connectivity index (χ3n) is 4.04. The smallest absolute Gasteiger partial charge is 0.150 e. The molecule has 2 unspecified atom stereocenters. The molecule has 0 bridgehead atoms. The number of nitrogens with two attached hydrogens (primary N) is 1. The summed E-state index contributed by atoms with van der Waals surface area (Å²) in [5.41, 5.74) is 4.19. The van der Waals surface area contributed by atoms with Gasteiger partial charge in [0.2, 0.25) is 0 Å². The molecule has 1 aromatic rings. The maximum Gasteiger partial charge on any atom is 0.150 e. The summed E-state index contributed by atoms with van der Waals surface area (Å²) in [4.78, 5) is 0. The summed E-state index contributed by atoms with van der Waals surface area (Å²) in [6.07, 6.45) is 4.76. The van der Waals surface area contributed by atoms with Crippen molar-refractivity contribution in [2.75, 3.05) is 11.5 Å². The van der Waals surface area contributed by atoms with Crippen LogP contribution < -0.4 is 11.3 Å². The Morgan fingerprint density at radius 3 is 2.65 bits per heavy atom. The van der Waals surface area contributed by atoms with Gasteiger partial charge in [-0.25, -0.2) is 8.42 Å². The Kier molecular flexibility index (Phi) is 5.57. The van der Waals surface area contributed by atoms with Crippen molar-refractivity contribution in [3.8, 4) is 0 Å². The van der Waals surface area contributed by atoms with Crippen molar-refractivity contribution < 1.29 is 8.42 Å². The minimum absolute atomic E-state index is 0.219. The molecule has 1 aromatic carbocycles. The Balaban J connectivity index is 1.73. The van der Waals surface area contributed by atoms with Gasteiger partial charge in [-0.05, 0) is 43.6 Å². The fourth-order valence-corrected chi connectivity index (χ4v) is 4.81. The standard InChI is InChI=1S/C15H24N2O2S/c16-17-15(11-14-9-10-20(18,19)12-14)8-4-7-13-5-2-1-3-6-13/h1-3,5-6,14-15,17H,4,7-12,16H2. The molecule has 0 aliphatic carbocycles. The van der Waals surface area contributed by atoms with Crippen molar-refractivity contribution in [3.05, 3.63) is 35.9 Å². The molecule has 0 amide bonds. The van der Waals surface area contributed by atoms with E-state index < -0.39 is 9.84 Å². The summed E-state index contributed by atoms with van der Waals surface area (Å²) < 4.78 is 22.9. The van der Waals surface area contributed by atoms with Crippen molar-refractivity contribution in [1.82, 2.24) is 5.43 Å². The number of benzene rings is 1. The van der Waals surface area contributed by atoms with E-state index in [0.717, 1.165) is 32.1 Å². The molecule has 2 atom stereocenters. The average molecular weight is 296 g/mol. The van der Waals surface area contributed by atoms with Crippen LogP contribution in [0.25, 0.3) is 0 Å². The Bertz CT molecular complexity index is 502. The predicted molar refractivity (Wildman–Crippen MR) is 81.9 cm³/mol. The molecular weight excluding hydrogens is 272 g/mol. The van der Waals surface area contributed by atoms with Gasteiger partial charge < -0.3 is 0 Å². The number of rotatable bonds is 7. The minimum atomic E-state index is -2.78. The van der Waals surface area contributed by atoms with Crippen LogP contribution in [0.3, 0.4) is 0 Å². The van der Waals surface area contributed by atoms with E-state index in [1.165, 1.54) is 5.56 Å². The molecule has 0 aromatic heterocycles. The topological polar surface area (TPSA) is 72.2 Å². The van der Waals surface area contributed by atoms with Gasteiger partial charge in [0.25, 0.3) is 0 Å². The van der Waals surface area contributed by atoms with Crippen LogP contribution in [0.1, 0.15) is 31.2 Å². The first-order valence-corrected chi connectivity index (χ1v) is 9.11. The molecule has 2 rings (SSSR count). The van der Waals surface area contributed by atoms with E-state index in [1.807, 2.05) is 6.07 Å². The van der Waals surface area contributed by atoms with Crippen molar-refractivity contribution >= 4 is 9.84 Å². The first-order valence-electron chi connectivity index (χ1n) is 7.29. The second-order valence-electron chi connectivity index (χ2n) is 5.75. The summed E-state index contributed by atoms with van der Waals surface area (Å²) in [5.74, 6) is 6.56. The van der Waals surface area contributed by atoms with Crippen LogP contribution >= 0.6 is 0 Å². The molecule has 1 saturated heterocycles. The fraction of sp³-hybridized carbons (Fsp3) is 0.600. The van der Waals surface area contributed by atoms with E-state index in [9.17, 15) is 8.42 Å². The monoisotopic (exact) mass is 296 g/mol. The molecule has 0 radical (unpaired) electrons. The maximum absolute atomic E-state index is 11.5. The van der Waals surface area contributed by atoms with Crippen molar-refractivity contribution in [2.24, 2.45) is 11.8 Å². The number of nitrogens with one attached hydrogen (secondary N) is 1. The molecular formula is C15H24N2O2S. The van der Waals surface area contributed by atoms with Gasteiger partial charge in [0.1, 0.15) is 0 Å². The fourth-order valence-electron chi connectivity index (χ4n) is 2.93. The molecule has 1 fully saturated rings. The molecule has 3 N–H and O–H groups in total. The first-order chi connectivity index (χ1) is 9.59. The lowest BCUT2D eigenvalue weighted by Crippen LogP contribution is -2.36. The van der Waals surface area contributed by atoms with Gasteiger partial charge in [0.15, 0.2) is 9.84 Å². The van der Waals surface area contributed by atoms with E-state index >= 15 is 0 Å². The van der Waals surface area contributed by atoms with Crippen LogP contribution in [0.2, 0.25) is 0 Å². The lowest BCUT2D eigenvalue weighted by molar-refractivity contribution is 0.385. The predicted octanol–water partition coefficient (Wildman–Crippen LogP) is 1.67. The number of hydrogen-bond acceptors (Lipinski definition) is 4. The molecule has 112 valence electrons. The average Bonchev–Trinajstić information content (AvgIpc) is 2.78. The highest BCUT2D eigenvalue weighted by Gasteiger charge is 2.29. The van der Waals surface area contributed by atoms with Crippen LogP contribution in [0.5, 0.6) is 0 Å². The zero-order valence-electron chi connectivity index (χ0n) is 11.8. The molecule has 0 saturated carbocycles. The van der Waals surface area contributed by atoms with Crippen molar-refractivity contribution in [2.45, 2.75) is 38.1 Å². The molecule has 0 spiro atoms. The zero-order chi connectivity index (χ0) is 14.4. The van der Waals surface area contributed by atoms with Gasteiger partial charge in [-0.15, -0.1) is 0 Å². The van der Waals surface area contributed by atoms with Crippen molar-refractivity contribution in [1.29, 1.82) is 0 Å². The molecule has 1 aliphatic rings. The normalized spacial score (nSPS) is 22.8. The Hall–Kier alpha value is -0.910. The van der Waals surface area contributed by atoms with Crippen LogP contribution in [-0.4, -0.2) is 26.0 Å². The first kappa shape index (κ1) is 15.5. The second kappa shape index (κ2) is 7.20. The Labute approximate surface area is 121 Å². The number of sulfone groups is 1. The van der Waals surface area contributed by atoms with Gasteiger partial charge in [-0.1, -0.05) is 30.3 Å². The highest BCUT2D eigenvalue weighted by atomic mass is 32.2. The van der Waals surface area contributed by atoms with Gasteiger partial charge >= 0.3 is 0 Å².